The number of nitriles is 1. The number of likely N-dealkylation sites (tertiary alicyclic amines) is 1. The number of hydrogen-bond donors (Lipinski definition) is 1. The quantitative estimate of drug-likeness (QED) is 0.937. The van der Waals surface area contributed by atoms with E-state index in [2.05, 4.69) is 4.98 Å². The molecule has 2 heterocycles. The SMILES string of the molecule is COc1cc(OC)cc([C@H]2CCN(C(=O)c3cc(C#N)c[nH]3)C2)c1. The Morgan fingerprint density at radius 2 is 1.96 bits per heavy atom. The van der Waals surface area contributed by atoms with Crippen LogP contribution in [0.25, 0.3) is 0 Å². The highest BCUT2D eigenvalue weighted by Gasteiger charge is 2.29. The van der Waals surface area contributed by atoms with Crippen LogP contribution in [0.4, 0.5) is 0 Å². The van der Waals surface area contributed by atoms with Crippen molar-refractivity contribution in [2.45, 2.75) is 12.3 Å². The number of carbonyl (C=O) groups excluding carboxylic acids is 1. The number of hydrogen-bond acceptors (Lipinski definition) is 4. The topological polar surface area (TPSA) is 78.3 Å². The average molecular weight is 325 g/mol. The van der Waals surface area contributed by atoms with Gasteiger partial charge in [-0.1, -0.05) is 0 Å². The van der Waals surface area contributed by atoms with Gasteiger partial charge in [-0.2, -0.15) is 5.26 Å². The van der Waals surface area contributed by atoms with Crippen LogP contribution in [0.1, 0.15) is 34.0 Å². The van der Waals surface area contributed by atoms with E-state index in [1.807, 2.05) is 29.2 Å². The van der Waals surface area contributed by atoms with Crippen molar-refractivity contribution in [3.8, 4) is 17.6 Å². The molecule has 0 aliphatic carbocycles. The van der Waals surface area contributed by atoms with Crippen LogP contribution in [0.5, 0.6) is 11.5 Å². The lowest BCUT2D eigenvalue weighted by atomic mass is 9.98. The molecule has 1 fully saturated rings. The Bertz CT molecular complexity index is 769. The van der Waals surface area contributed by atoms with Gasteiger partial charge in [0, 0.05) is 31.3 Å². The van der Waals surface area contributed by atoms with Gasteiger partial charge in [-0.25, -0.2) is 0 Å². The molecule has 24 heavy (non-hydrogen) atoms. The van der Waals surface area contributed by atoms with E-state index < -0.39 is 0 Å². The van der Waals surface area contributed by atoms with Crippen molar-refractivity contribution in [2.24, 2.45) is 0 Å². The summed E-state index contributed by atoms with van der Waals surface area (Å²) in [6.07, 6.45) is 2.43. The third-order valence-corrected chi connectivity index (χ3v) is 4.36. The summed E-state index contributed by atoms with van der Waals surface area (Å²) in [6, 6.07) is 9.43. The first-order valence-electron chi connectivity index (χ1n) is 7.75. The maximum atomic E-state index is 12.5. The fraction of sp³-hybridized carbons (Fsp3) is 0.333. The summed E-state index contributed by atoms with van der Waals surface area (Å²) in [5, 5.41) is 8.87. The number of amides is 1. The fourth-order valence-corrected chi connectivity index (χ4v) is 3.03. The molecule has 1 N–H and O–H groups in total. The number of carbonyl (C=O) groups is 1. The predicted octanol–water partition coefficient (Wildman–Crippen LogP) is 2.53. The highest BCUT2D eigenvalue weighted by Crippen LogP contribution is 2.33. The van der Waals surface area contributed by atoms with Crippen LogP contribution in [0.2, 0.25) is 0 Å². The van der Waals surface area contributed by atoms with E-state index in [-0.39, 0.29) is 11.8 Å². The lowest BCUT2D eigenvalue weighted by molar-refractivity contribution is 0.0785. The molecule has 1 aromatic heterocycles. The first-order chi connectivity index (χ1) is 11.6. The van der Waals surface area contributed by atoms with Crippen molar-refractivity contribution in [3.63, 3.8) is 0 Å². The number of ether oxygens (including phenoxy) is 2. The third kappa shape index (κ3) is 3.06. The summed E-state index contributed by atoms with van der Waals surface area (Å²) in [5.41, 5.74) is 2.02. The molecule has 1 atom stereocenters. The van der Waals surface area contributed by atoms with Gasteiger partial charge >= 0.3 is 0 Å². The van der Waals surface area contributed by atoms with E-state index in [1.165, 1.54) is 0 Å². The zero-order valence-electron chi connectivity index (χ0n) is 13.7. The van der Waals surface area contributed by atoms with Crippen LogP contribution in [-0.4, -0.2) is 43.1 Å². The van der Waals surface area contributed by atoms with Crippen molar-refractivity contribution >= 4 is 5.91 Å². The summed E-state index contributed by atoms with van der Waals surface area (Å²) in [6.45, 7) is 1.32. The molecular weight excluding hydrogens is 306 g/mol. The lowest BCUT2D eigenvalue weighted by Crippen LogP contribution is -2.28. The molecule has 3 rings (SSSR count). The molecule has 1 saturated heterocycles. The van der Waals surface area contributed by atoms with E-state index in [9.17, 15) is 4.79 Å². The Kier molecular flexibility index (Phi) is 4.43. The standard InChI is InChI=1S/C18H19N3O3/c1-23-15-6-14(7-16(8-15)24-2)13-3-4-21(11-13)18(22)17-5-12(9-19)10-20-17/h5-8,10,13,20H,3-4,11H2,1-2H3/t13-/m0/s1. The molecule has 0 bridgehead atoms. The van der Waals surface area contributed by atoms with Crippen LogP contribution in [0.3, 0.4) is 0 Å². The van der Waals surface area contributed by atoms with Gasteiger partial charge in [0.2, 0.25) is 0 Å². The second-order valence-corrected chi connectivity index (χ2v) is 5.80. The molecule has 0 unspecified atom stereocenters. The zero-order chi connectivity index (χ0) is 17.1. The minimum atomic E-state index is -0.0751. The number of methoxy groups -OCH3 is 2. The predicted molar refractivity (Wildman–Crippen MR) is 88.3 cm³/mol. The van der Waals surface area contributed by atoms with Gasteiger partial charge < -0.3 is 19.4 Å². The minimum Gasteiger partial charge on any atom is -0.497 e. The Morgan fingerprint density at radius 3 is 2.54 bits per heavy atom. The van der Waals surface area contributed by atoms with Gasteiger partial charge in [0.15, 0.2) is 0 Å². The molecule has 124 valence electrons. The number of nitrogens with one attached hydrogen (secondary N) is 1. The first kappa shape index (κ1) is 15.9. The molecule has 2 aromatic rings. The minimum absolute atomic E-state index is 0.0751. The van der Waals surface area contributed by atoms with E-state index in [4.69, 9.17) is 14.7 Å². The molecular formula is C18H19N3O3. The molecule has 1 amide bonds. The number of aromatic nitrogens is 1. The molecule has 1 aromatic carbocycles. The van der Waals surface area contributed by atoms with Crippen LogP contribution >= 0.6 is 0 Å². The molecule has 0 saturated carbocycles. The second-order valence-electron chi connectivity index (χ2n) is 5.80. The molecule has 0 spiro atoms. The van der Waals surface area contributed by atoms with Crippen molar-refractivity contribution in [1.29, 1.82) is 5.26 Å². The molecule has 6 nitrogen and oxygen atoms in total. The van der Waals surface area contributed by atoms with Crippen molar-refractivity contribution < 1.29 is 14.3 Å². The summed E-state index contributed by atoms with van der Waals surface area (Å²) < 4.78 is 10.6. The summed E-state index contributed by atoms with van der Waals surface area (Å²) >= 11 is 0. The Morgan fingerprint density at radius 1 is 1.25 bits per heavy atom. The van der Waals surface area contributed by atoms with Crippen molar-refractivity contribution in [2.75, 3.05) is 27.3 Å². The third-order valence-electron chi connectivity index (χ3n) is 4.36. The highest BCUT2D eigenvalue weighted by molar-refractivity contribution is 5.93. The number of rotatable bonds is 4. The smallest absolute Gasteiger partial charge is 0.270 e. The van der Waals surface area contributed by atoms with E-state index >= 15 is 0 Å². The molecule has 1 aliphatic rings. The van der Waals surface area contributed by atoms with Gasteiger partial charge in [-0.3, -0.25) is 4.79 Å². The first-order valence-corrected chi connectivity index (χ1v) is 7.75. The van der Waals surface area contributed by atoms with Gasteiger partial charge in [0.25, 0.3) is 5.91 Å². The lowest BCUT2D eigenvalue weighted by Gasteiger charge is -2.17. The average Bonchev–Trinajstić information content (AvgIpc) is 3.30. The second kappa shape index (κ2) is 6.67. The summed E-state index contributed by atoms with van der Waals surface area (Å²) in [4.78, 5) is 17.2. The molecule has 6 heteroatoms. The zero-order valence-corrected chi connectivity index (χ0v) is 13.7. The van der Waals surface area contributed by atoms with Crippen molar-refractivity contribution in [1.82, 2.24) is 9.88 Å². The highest BCUT2D eigenvalue weighted by atomic mass is 16.5. The number of nitrogens with zero attached hydrogens (tertiary/aromatic N) is 2. The maximum Gasteiger partial charge on any atom is 0.270 e. The van der Waals surface area contributed by atoms with Crippen LogP contribution in [0, 0.1) is 11.3 Å². The monoisotopic (exact) mass is 325 g/mol. The Hall–Kier alpha value is -2.94. The number of aromatic amines is 1. The van der Waals surface area contributed by atoms with Gasteiger partial charge in [0.05, 0.1) is 19.8 Å². The Balaban J connectivity index is 1.75. The number of H-pyrrole nitrogens is 1. The van der Waals surface area contributed by atoms with Gasteiger partial charge in [0.1, 0.15) is 23.3 Å². The van der Waals surface area contributed by atoms with Crippen LogP contribution in [-0.2, 0) is 0 Å². The van der Waals surface area contributed by atoms with Crippen LogP contribution < -0.4 is 9.47 Å². The van der Waals surface area contributed by atoms with Crippen LogP contribution in [0.15, 0.2) is 30.5 Å². The van der Waals surface area contributed by atoms with Gasteiger partial charge in [-0.15, -0.1) is 0 Å². The molecule has 1 aliphatic heterocycles. The summed E-state index contributed by atoms with van der Waals surface area (Å²) in [7, 11) is 3.25. The van der Waals surface area contributed by atoms with E-state index in [1.54, 1.807) is 26.5 Å². The summed E-state index contributed by atoms with van der Waals surface area (Å²) in [5.74, 6) is 1.66. The molecule has 0 radical (unpaired) electrons. The maximum absolute atomic E-state index is 12.5. The van der Waals surface area contributed by atoms with E-state index in [0.717, 1.165) is 23.5 Å². The van der Waals surface area contributed by atoms with Crippen molar-refractivity contribution in [3.05, 3.63) is 47.3 Å². The normalized spacial score (nSPS) is 16.7. The number of benzene rings is 1. The largest absolute Gasteiger partial charge is 0.497 e. The van der Waals surface area contributed by atoms with E-state index in [0.29, 0.717) is 24.3 Å². The Labute approximate surface area is 140 Å². The van der Waals surface area contributed by atoms with Gasteiger partial charge in [-0.05, 0) is 30.2 Å². The fourth-order valence-electron chi connectivity index (χ4n) is 3.03.